The van der Waals surface area contributed by atoms with E-state index in [2.05, 4.69) is 15.3 Å². The van der Waals surface area contributed by atoms with E-state index in [0.29, 0.717) is 17.2 Å². The van der Waals surface area contributed by atoms with Crippen molar-refractivity contribution in [2.45, 2.75) is 32.7 Å². The van der Waals surface area contributed by atoms with Crippen molar-refractivity contribution in [2.75, 3.05) is 10.2 Å². The van der Waals surface area contributed by atoms with Crippen molar-refractivity contribution in [3.63, 3.8) is 0 Å². The first kappa shape index (κ1) is 19.2. The second kappa shape index (κ2) is 8.88. The average Bonchev–Trinajstić information content (AvgIpc) is 3.28. The third kappa shape index (κ3) is 5.21. The summed E-state index contributed by atoms with van der Waals surface area (Å²) in [4.78, 5) is 36.0. The molecule has 0 aliphatic carbocycles. The molecule has 1 N–H and O–H groups in total. The number of carbonyl (C=O) groups is 2. The largest absolute Gasteiger partial charge is 0.308 e. The van der Waals surface area contributed by atoms with E-state index in [-0.39, 0.29) is 24.3 Å². The van der Waals surface area contributed by atoms with Gasteiger partial charge in [0.2, 0.25) is 11.8 Å². The van der Waals surface area contributed by atoms with Gasteiger partial charge >= 0.3 is 0 Å². The number of carbonyl (C=O) groups excluding carboxylic acids is 2. The zero-order chi connectivity index (χ0) is 19.2. The van der Waals surface area contributed by atoms with E-state index >= 15 is 0 Å². The lowest BCUT2D eigenvalue weighted by Crippen LogP contribution is -2.38. The Balaban J connectivity index is 1.62. The van der Waals surface area contributed by atoms with Crippen LogP contribution in [0.2, 0.25) is 0 Å². The lowest BCUT2D eigenvalue weighted by atomic mass is 10.2. The summed E-state index contributed by atoms with van der Waals surface area (Å²) in [5, 5.41) is 7.06. The molecule has 0 aromatic carbocycles. The molecule has 0 atom stereocenters. The molecule has 0 saturated carbocycles. The van der Waals surface area contributed by atoms with Crippen LogP contribution in [-0.4, -0.2) is 27.8 Å². The van der Waals surface area contributed by atoms with Crippen LogP contribution in [0.15, 0.2) is 47.4 Å². The molecule has 140 valence electrons. The molecule has 3 aromatic heterocycles. The van der Waals surface area contributed by atoms with Gasteiger partial charge in [0.05, 0.1) is 30.4 Å². The van der Waals surface area contributed by atoms with Gasteiger partial charge < -0.3 is 10.2 Å². The molecular weight excluding hydrogens is 380 g/mol. The maximum atomic E-state index is 12.8. The Morgan fingerprint density at radius 2 is 2.04 bits per heavy atom. The first-order chi connectivity index (χ1) is 13.0. The second-order valence-electron chi connectivity index (χ2n) is 6.19. The van der Waals surface area contributed by atoms with Crippen LogP contribution in [0.3, 0.4) is 0 Å². The molecule has 0 saturated heterocycles. The molecule has 0 aliphatic heterocycles. The number of thiazole rings is 1. The van der Waals surface area contributed by atoms with Crippen LogP contribution in [0.1, 0.15) is 24.4 Å². The summed E-state index contributed by atoms with van der Waals surface area (Å²) in [6.07, 6.45) is 3.85. The monoisotopic (exact) mass is 400 g/mol. The molecule has 0 radical (unpaired) electrons. The highest BCUT2D eigenvalue weighted by Gasteiger charge is 2.20. The number of rotatable bonds is 7. The van der Waals surface area contributed by atoms with Gasteiger partial charge in [-0.25, -0.2) is 4.98 Å². The molecule has 3 rings (SSSR count). The highest BCUT2D eigenvalue weighted by molar-refractivity contribution is 7.14. The number of pyridine rings is 1. The lowest BCUT2D eigenvalue weighted by molar-refractivity contribution is -0.118. The van der Waals surface area contributed by atoms with Crippen LogP contribution >= 0.6 is 22.7 Å². The topological polar surface area (TPSA) is 75.2 Å². The van der Waals surface area contributed by atoms with Crippen molar-refractivity contribution in [3.8, 4) is 0 Å². The van der Waals surface area contributed by atoms with Crippen molar-refractivity contribution in [1.82, 2.24) is 9.97 Å². The Kier molecular flexibility index (Phi) is 6.31. The van der Waals surface area contributed by atoms with Crippen LogP contribution in [0, 0.1) is 0 Å². The molecule has 6 nitrogen and oxygen atoms in total. The quantitative estimate of drug-likeness (QED) is 0.655. The molecule has 8 heteroatoms. The first-order valence-electron chi connectivity index (χ1n) is 8.51. The maximum Gasteiger partial charge on any atom is 0.233 e. The van der Waals surface area contributed by atoms with Crippen molar-refractivity contribution in [2.24, 2.45) is 0 Å². The Labute approximate surface area is 165 Å². The third-order valence-electron chi connectivity index (χ3n) is 3.75. The number of anilines is 2. The van der Waals surface area contributed by atoms with Gasteiger partial charge in [0.25, 0.3) is 0 Å². The maximum absolute atomic E-state index is 12.8. The second-order valence-corrected chi connectivity index (χ2v) is 8.08. The molecular formula is C19H20N4O2S2. The number of hydrogen-bond donors (Lipinski definition) is 1. The Morgan fingerprint density at radius 1 is 1.19 bits per heavy atom. The SMILES string of the molecule is CC(C)N(C(=O)Cc1csc(NC(=O)Cc2cccs2)n1)c1cccnc1. The van der Waals surface area contributed by atoms with E-state index in [9.17, 15) is 9.59 Å². The fourth-order valence-electron chi connectivity index (χ4n) is 2.65. The van der Waals surface area contributed by atoms with E-state index in [4.69, 9.17) is 0 Å². The van der Waals surface area contributed by atoms with E-state index in [1.165, 1.54) is 11.3 Å². The minimum absolute atomic E-state index is 0.00491. The van der Waals surface area contributed by atoms with Crippen LogP contribution in [-0.2, 0) is 22.4 Å². The Bertz CT molecular complexity index is 892. The number of aromatic nitrogens is 2. The summed E-state index contributed by atoms with van der Waals surface area (Å²) >= 11 is 2.87. The van der Waals surface area contributed by atoms with Gasteiger partial charge in [0.1, 0.15) is 0 Å². The minimum atomic E-state index is -0.108. The van der Waals surface area contributed by atoms with Gasteiger partial charge in [0.15, 0.2) is 5.13 Å². The van der Waals surface area contributed by atoms with Gasteiger partial charge in [0, 0.05) is 22.5 Å². The van der Waals surface area contributed by atoms with Crippen LogP contribution in [0.25, 0.3) is 0 Å². The fraction of sp³-hybridized carbons (Fsp3) is 0.263. The van der Waals surface area contributed by atoms with Gasteiger partial charge in [-0.3, -0.25) is 14.6 Å². The number of nitrogens with zero attached hydrogens (tertiary/aromatic N) is 3. The van der Waals surface area contributed by atoms with E-state index < -0.39 is 0 Å². The van der Waals surface area contributed by atoms with Gasteiger partial charge in [-0.1, -0.05) is 6.07 Å². The molecule has 0 unspecified atom stereocenters. The number of amides is 2. The summed E-state index contributed by atoms with van der Waals surface area (Å²) < 4.78 is 0. The zero-order valence-corrected chi connectivity index (χ0v) is 16.7. The van der Waals surface area contributed by atoms with E-state index in [1.807, 2.05) is 43.5 Å². The molecule has 0 spiro atoms. The number of hydrogen-bond acceptors (Lipinski definition) is 6. The fourth-order valence-corrected chi connectivity index (χ4v) is 4.08. The number of nitrogens with one attached hydrogen (secondary N) is 1. The molecule has 2 amide bonds. The molecule has 27 heavy (non-hydrogen) atoms. The van der Waals surface area contributed by atoms with Gasteiger partial charge in [-0.05, 0) is 37.4 Å². The van der Waals surface area contributed by atoms with Gasteiger partial charge in [-0.15, -0.1) is 22.7 Å². The predicted octanol–water partition coefficient (Wildman–Crippen LogP) is 3.76. The van der Waals surface area contributed by atoms with Crippen molar-refractivity contribution >= 4 is 45.3 Å². The Hall–Kier alpha value is -2.58. The molecule has 0 bridgehead atoms. The highest BCUT2D eigenvalue weighted by atomic mass is 32.1. The summed E-state index contributed by atoms with van der Waals surface area (Å²) in [6.45, 7) is 3.92. The molecule has 3 aromatic rings. The smallest absolute Gasteiger partial charge is 0.233 e. The molecule has 3 heterocycles. The molecule has 0 fully saturated rings. The standard InChI is InChI=1S/C19H20N4O2S2/c1-13(2)23(15-5-3-7-20-11-15)18(25)9-14-12-27-19(21-14)22-17(24)10-16-6-4-8-26-16/h3-8,11-13H,9-10H2,1-2H3,(H,21,22,24). The number of thiophene rings is 1. The Morgan fingerprint density at radius 3 is 2.70 bits per heavy atom. The first-order valence-corrected chi connectivity index (χ1v) is 10.3. The van der Waals surface area contributed by atoms with Crippen molar-refractivity contribution < 1.29 is 9.59 Å². The van der Waals surface area contributed by atoms with Crippen molar-refractivity contribution in [1.29, 1.82) is 0 Å². The predicted molar refractivity (Wildman–Crippen MR) is 109 cm³/mol. The summed E-state index contributed by atoms with van der Waals surface area (Å²) in [5.41, 5.74) is 1.41. The minimum Gasteiger partial charge on any atom is -0.308 e. The van der Waals surface area contributed by atoms with Gasteiger partial charge in [-0.2, -0.15) is 0 Å². The summed E-state index contributed by atoms with van der Waals surface area (Å²) in [6, 6.07) is 7.52. The third-order valence-corrected chi connectivity index (χ3v) is 5.44. The van der Waals surface area contributed by atoms with E-state index in [1.54, 1.807) is 34.0 Å². The zero-order valence-electron chi connectivity index (χ0n) is 15.1. The average molecular weight is 401 g/mol. The lowest BCUT2D eigenvalue weighted by Gasteiger charge is -2.26. The van der Waals surface area contributed by atoms with E-state index in [0.717, 1.165) is 10.6 Å². The van der Waals surface area contributed by atoms with Crippen molar-refractivity contribution in [3.05, 3.63) is 58.0 Å². The summed E-state index contributed by atoms with van der Waals surface area (Å²) in [7, 11) is 0. The normalized spacial score (nSPS) is 10.8. The van der Waals surface area contributed by atoms with Crippen LogP contribution in [0.4, 0.5) is 10.8 Å². The molecule has 0 aliphatic rings. The van der Waals surface area contributed by atoms with Crippen LogP contribution in [0.5, 0.6) is 0 Å². The van der Waals surface area contributed by atoms with Crippen LogP contribution < -0.4 is 10.2 Å². The highest BCUT2D eigenvalue weighted by Crippen LogP contribution is 2.20. The summed E-state index contributed by atoms with van der Waals surface area (Å²) in [5.74, 6) is -0.163.